The van der Waals surface area contributed by atoms with Gasteiger partial charge in [-0.2, -0.15) is 0 Å². The average Bonchev–Trinajstić information content (AvgIpc) is 2.35. The molecule has 1 fully saturated rings. The third-order valence-corrected chi connectivity index (χ3v) is 3.79. The van der Waals surface area contributed by atoms with Crippen molar-refractivity contribution in [2.24, 2.45) is 5.73 Å². The molecule has 4 heteroatoms. The summed E-state index contributed by atoms with van der Waals surface area (Å²) in [5.74, 6) is 0. The van der Waals surface area contributed by atoms with Gasteiger partial charge in [0.1, 0.15) is 0 Å². The molecule has 0 bridgehead atoms. The monoisotopic (exact) mass is 229 g/mol. The number of hydrogen-bond donors (Lipinski definition) is 1. The van der Waals surface area contributed by atoms with Crippen LogP contribution in [0.1, 0.15) is 19.8 Å². The zero-order valence-corrected chi connectivity index (χ0v) is 11.0. The summed E-state index contributed by atoms with van der Waals surface area (Å²) in [4.78, 5) is 4.93. The van der Waals surface area contributed by atoms with Crippen molar-refractivity contribution < 1.29 is 4.74 Å². The molecule has 1 unspecified atom stereocenters. The molecule has 2 N–H and O–H groups in total. The maximum absolute atomic E-state index is 5.79. The molecule has 96 valence electrons. The molecule has 1 aliphatic heterocycles. The Morgan fingerprint density at radius 2 is 2.06 bits per heavy atom. The number of rotatable bonds is 6. The van der Waals surface area contributed by atoms with Gasteiger partial charge < -0.3 is 15.4 Å². The molecule has 1 rings (SSSR count). The Bertz CT molecular complexity index is 181. The average molecular weight is 229 g/mol. The second-order valence-electron chi connectivity index (χ2n) is 4.68. The standard InChI is InChI=1S/C12H27N3O/c1-4-15-7-5-11(6-8-15)14(2)12(9-13)10-16-3/h11-12H,4-10,13H2,1-3H3. The smallest absolute Gasteiger partial charge is 0.0630 e. The van der Waals surface area contributed by atoms with Gasteiger partial charge in [0.2, 0.25) is 0 Å². The summed E-state index contributed by atoms with van der Waals surface area (Å²) in [5, 5.41) is 0. The molecule has 1 aliphatic rings. The molecule has 1 heterocycles. The lowest BCUT2D eigenvalue weighted by Crippen LogP contribution is -2.50. The Morgan fingerprint density at radius 1 is 1.44 bits per heavy atom. The van der Waals surface area contributed by atoms with E-state index in [0.29, 0.717) is 18.6 Å². The number of nitrogens with two attached hydrogens (primary N) is 1. The van der Waals surface area contributed by atoms with E-state index in [4.69, 9.17) is 10.5 Å². The highest BCUT2D eigenvalue weighted by Crippen LogP contribution is 2.17. The van der Waals surface area contributed by atoms with Crippen LogP contribution in [0.3, 0.4) is 0 Å². The summed E-state index contributed by atoms with van der Waals surface area (Å²) in [5.41, 5.74) is 5.79. The lowest BCUT2D eigenvalue weighted by atomic mass is 10.0. The number of likely N-dealkylation sites (N-methyl/N-ethyl adjacent to an activating group) is 1. The van der Waals surface area contributed by atoms with Crippen LogP contribution in [0.25, 0.3) is 0 Å². The second-order valence-corrected chi connectivity index (χ2v) is 4.68. The second kappa shape index (κ2) is 7.22. The SMILES string of the molecule is CCN1CCC(N(C)C(CN)COC)CC1. The van der Waals surface area contributed by atoms with Crippen molar-refractivity contribution in [2.45, 2.75) is 31.8 Å². The maximum atomic E-state index is 5.79. The van der Waals surface area contributed by atoms with Crippen LogP contribution >= 0.6 is 0 Å². The molecule has 0 aliphatic carbocycles. The highest BCUT2D eigenvalue weighted by Gasteiger charge is 2.25. The first-order chi connectivity index (χ1) is 7.72. The van der Waals surface area contributed by atoms with Crippen LogP contribution in [0.5, 0.6) is 0 Å². The molecule has 0 aromatic rings. The van der Waals surface area contributed by atoms with Crippen LogP contribution in [-0.2, 0) is 4.74 Å². The molecular weight excluding hydrogens is 202 g/mol. The van der Waals surface area contributed by atoms with Crippen LogP contribution in [-0.4, -0.2) is 68.8 Å². The summed E-state index contributed by atoms with van der Waals surface area (Å²) in [7, 11) is 3.93. The third kappa shape index (κ3) is 3.70. The third-order valence-electron chi connectivity index (χ3n) is 3.79. The topological polar surface area (TPSA) is 41.7 Å². The lowest BCUT2D eigenvalue weighted by molar-refractivity contribution is 0.0558. The van der Waals surface area contributed by atoms with E-state index in [1.165, 1.54) is 32.5 Å². The van der Waals surface area contributed by atoms with Gasteiger partial charge in [0.05, 0.1) is 6.61 Å². The molecule has 0 saturated carbocycles. The molecule has 1 saturated heterocycles. The minimum Gasteiger partial charge on any atom is -0.383 e. The number of methoxy groups -OCH3 is 1. The van der Waals surface area contributed by atoms with Gasteiger partial charge in [0, 0.05) is 25.7 Å². The van der Waals surface area contributed by atoms with E-state index in [2.05, 4.69) is 23.8 Å². The predicted molar refractivity (Wildman–Crippen MR) is 67.6 cm³/mol. The van der Waals surface area contributed by atoms with E-state index in [-0.39, 0.29) is 0 Å². The van der Waals surface area contributed by atoms with Gasteiger partial charge in [0.15, 0.2) is 0 Å². The normalized spacial score (nSPS) is 21.6. The van der Waals surface area contributed by atoms with Gasteiger partial charge in [-0.1, -0.05) is 6.92 Å². The fourth-order valence-corrected chi connectivity index (χ4v) is 2.49. The van der Waals surface area contributed by atoms with Crippen LogP contribution in [0.4, 0.5) is 0 Å². The number of hydrogen-bond acceptors (Lipinski definition) is 4. The first kappa shape index (κ1) is 13.9. The van der Waals surface area contributed by atoms with Crippen molar-refractivity contribution in [1.29, 1.82) is 0 Å². The minimum atomic E-state index is 0.364. The summed E-state index contributed by atoms with van der Waals surface area (Å²) in [6, 6.07) is 1.04. The van der Waals surface area contributed by atoms with E-state index in [9.17, 15) is 0 Å². The Hall–Kier alpha value is -0.160. The van der Waals surface area contributed by atoms with Crippen molar-refractivity contribution in [3.05, 3.63) is 0 Å². The highest BCUT2D eigenvalue weighted by molar-refractivity contribution is 4.82. The Morgan fingerprint density at radius 3 is 2.50 bits per heavy atom. The molecule has 0 aromatic carbocycles. The summed E-state index contributed by atoms with van der Waals surface area (Å²) in [6.07, 6.45) is 2.51. The van der Waals surface area contributed by atoms with Crippen LogP contribution in [0.15, 0.2) is 0 Å². The molecular formula is C12H27N3O. The van der Waals surface area contributed by atoms with Crippen LogP contribution in [0, 0.1) is 0 Å². The van der Waals surface area contributed by atoms with Crippen molar-refractivity contribution in [1.82, 2.24) is 9.80 Å². The quantitative estimate of drug-likeness (QED) is 0.715. The zero-order chi connectivity index (χ0) is 12.0. The van der Waals surface area contributed by atoms with Crippen molar-refractivity contribution in [2.75, 3.05) is 46.9 Å². The van der Waals surface area contributed by atoms with Gasteiger partial charge in [-0.05, 0) is 39.5 Å². The van der Waals surface area contributed by atoms with E-state index in [0.717, 1.165) is 6.61 Å². The molecule has 4 nitrogen and oxygen atoms in total. The zero-order valence-electron chi connectivity index (χ0n) is 11.0. The summed E-state index contributed by atoms with van der Waals surface area (Å²) in [6.45, 7) is 7.26. The fourth-order valence-electron chi connectivity index (χ4n) is 2.49. The first-order valence-electron chi connectivity index (χ1n) is 6.36. The van der Waals surface area contributed by atoms with Crippen LogP contribution in [0.2, 0.25) is 0 Å². The number of likely N-dealkylation sites (tertiary alicyclic amines) is 1. The van der Waals surface area contributed by atoms with E-state index in [1.807, 2.05) is 0 Å². The van der Waals surface area contributed by atoms with E-state index >= 15 is 0 Å². The number of ether oxygens (including phenoxy) is 1. The summed E-state index contributed by atoms with van der Waals surface area (Å²) >= 11 is 0. The molecule has 1 atom stereocenters. The number of nitrogens with zero attached hydrogens (tertiary/aromatic N) is 2. The van der Waals surface area contributed by atoms with Gasteiger partial charge in [-0.15, -0.1) is 0 Å². The largest absolute Gasteiger partial charge is 0.383 e. The van der Waals surface area contributed by atoms with Gasteiger partial charge in [-0.25, -0.2) is 0 Å². The van der Waals surface area contributed by atoms with Crippen molar-refractivity contribution in [3.63, 3.8) is 0 Å². The Kier molecular flexibility index (Phi) is 6.28. The molecule has 0 aromatic heterocycles. The van der Waals surface area contributed by atoms with Gasteiger partial charge in [0.25, 0.3) is 0 Å². The minimum absolute atomic E-state index is 0.364. The van der Waals surface area contributed by atoms with Crippen LogP contribution < -0.4 is 5.73 Å². The highest BCUT2D eigenvalue weighted by atomic mass is 16.5. The molecule has 0 amide bonds. The van der Waals surface area contributed by atoms with Crippen molar-refractivity contribution >= 4 is 0 Å². The van der Waals surface area contributed by atoms with Gasteiger partial charge >= 0.3 is 0 Å². The maximum Gasteiger partial charge on any atom is 0.0630 e. The Balaban J connectivity index is 2.39. The predicted octanol–water partition coefficient (Wildman–Crippen LogP) is 0.376. The van der Waals surface area contributed by atoms with E-state index in [1.54, 1.807) is 7.11 Å². The Labute approximate surface area is 99.7 Å². The fraction of sp³-hybridized carbons (Fsp3) is 1.00. The molecule has 0 radical (unpaired) electrons. The number of piperidine rings is 1. The summed E-state index contributed by atoms with van der Waals surface area (Å²) < 4.78 is 5.22. The molecule has 0 spiro atoms. The van der Waals surface area contributed by atoms with Crippen molar-refractivity contribution in [3.8, 4) is 0 Å². The lowest BCUT2D eigenvalue weighted by Gasteiger charge is -2.39. The molecule has 16 heavy (non-hydrogen) atoms. The van der Waals surface area contributed by atoms with Gasteiger partial charge in [-0.3, -0.25) is 4.90 Å². The van der Waals surface area contributed by atoms with E-state index < -0.39 is 0 Å². The first-order valence-corrected chi connectivity index (χ1v) is 6.36.